The second-order valence-corrected chi connectivity index (χ2v) is 6.26. The van der Waals surface area contributed by atoms with Gasteiger partial charge in [-0.1, -0.05) is 12.1 Å². The third-order valence-electron chi connectivity index (χ3n) is 3.11. The number of anilines is 2. The Hall–Kier alpha value is -2.17. The molecule has 1 aromatic rings. The smallest absolute Gasteiger partial charge is 0.412 e. The highest BCUT2D eigenvalue weighted by molar-refractivity contribution is 5.89. The summed E-state index contributed by atoms with van der Waals surface area (Å²) in [7, 11) is 0. The van der Waals surface area contributed by atoms with Crippen LogP contribution in [0.25, 0.3) is 0 Å². The van der Waals surface area contributed by atoms with E-state index in [4.69, 9.17) is 9.47 Å². The molecule has 0 radical (unpaired) electrons. The summed E-state index contributed by atoms with van der Waals surface area (Å²) in [6.07, 6.45) is 5.49. The summed E-state index contributed by atoms with van der Waals surface area (Å²) in [4.78, 5) is 11.9. The molecule has 5 heteroatoms. The lowest BCUT2D eigenvalue weighted by atomic mass is 10.1. The van der Waals surface area contributed by atoms with E-state index >= 15 is 0 Å². The van der Waals surface area contributed by atoms with Gasteiger partial charge in [0.25, 0.3) is 0 Å². The molecule has 1 atom stereocenters. The monoisotopic (exact) mass is 304 g/mol. The number of amides is 1. The van der Waals surface area contributed by atoms with Crippen molar-refractivity contribution in [2.45, 2.75) is 45.3 Å². The molecule has 2 N–H and O–H groups in total. The number of hydrogen-bond acceptors (Lipinski definition) is 4. The predicted octanol–water partition coefficient (Wildman–Crippen LogP) is 4.14. The number of allylic oxidation sites excluding steroid dienone is 1. The lowest BCUT2D eigenvalue weighted by Crippen LogP contribution is -2.28. The fourth-order valence-electron chi connectivity index (χ4n) is 2.12. The molecule has 1 aromatic carbocycles. The Balaban J connectivity index is 1.94. The van der Waals surface area contributed by atoms with E-state index in [1.807, 2.05) is 51.1 Å². The minimum Gasteiger partial charge on any atom is -0.497 e. The Morgan fingerprint density at radius 2 is 2.05 bits per heavy atom. The van der Waals surface area contributed by atoms with Gasteiger partial charge in [-0.3, -0.25) is 5.32 Å². The van der Waals surface area contributed by atoms with Crippen LogP contribution in [-0.2, 0) is 9.47 Å². The van der Waals surface area contributed by atoms with Crippen LogP contribution in [0.3, 0.4) is 0 Å². The molecule has 0 aliphatic carbocycles. The zero-order valence-electron chi connectivity index (χ0n) is 13.4. The SMILES string of the molecule is CC(C)(C)OC(=O)Nc1ccccc1NCC1CCC=CO1. The standard InChI is InChI=1S/C17H24N2O3/c1-17(2,3)22-16(20)19-15-10-5-4-9-14(15)18-12-13-8-6-7-11-21-13/h4-5,7,9-11,13,18H,6,8,12H2,1-3H3,(H,19,20). The van der Waals surface area contributed by atoms with Crippen molar-refractivity contribution in [3.8, 4) is 0 Å². The molecular formula is C17H24N2O3. The van der Waals surface area contributed by atoms with Crippen LogP contribution in [0.15, 0.2) is 36.6 Å². The Morgan fingerprint density at radius 3 is 2.68 bits per heavy atom. The molecule has 1 heterocycles. The van der Waals surface area contributed by atoms with Crippen molar-refractivity contribution in [2.75, 3.05) is 17.2 Å². The van der Waals surface area contributed by atoms with Crippen LogP contribution >= 0.6 is 0 Å². The lowest BCUT2D eigenvalue weighted by Gasteiger charge is -2.22. The predicted molar refractivity (Wildman–Crippen MR) is 88.0 cm³/mol. The molecule has 1 aliphatic heterocycles. The normalized spacial score (nSPS) is 17.5. The molecule has 2 rings (SSSR count). The van der Waals surface area contributed by atoms with Crippen molar-refractivity contribution in [1.82, 2.24) is 0 Å². The molecule has 0 saturated carbocycles. The molecule has 5 nitrogen and oxygen atoms in total. The molecule has 1 amide bonds. The van der Waals surface area contributed by atoms with E-state index in [9.17, 15) is 4.79 Å². The van der Waals surface area contributed by atoms with Gasteiger partial charge in [0.2, 0.25) is 0 Å². The number of ether oxygens (including phenoxy) is 2. The van der Waals surface area contributed by atoms with Gasteiger partial charge >= 0.3 is 6.09 Å². The Labute approximate surface area is 131 Å². The summed E-state index contributed by atoms with van der Waals surface area (Å²) in [5.74, 6) is 0. The van der Waals surface area contributed by atoms with E-state index in [1.54, 1.807) is 6.26 Å². The van der Waals surface area contributed by atoms with Crippen LogP contribution in [0.4, 0.5) is 16.2 Å². The first-order valence-electron chi connectivity index (χ1n) is 7.57. The molecular weight excluding hydrogens is 280 g/mol. The third-order valence-corrected chi connectivity index (χ3v) is 3.11. The second kappa shape index (κ2) is 7.20. The fraction of sp³-hybridized carbons (Fsp3) is 0.471. The first kappa shape index (κ1) is 16.2. The highest BCUT2D eigenvalue weighted by Gasteiger charge is 2.17. The minimum atomic E-state index is -0.519. The van der Waals surface area contributed by atoms with Crippen molar-refractivity contribution in [3.05, 3.63) is 36.6 Å². The van der Waals surface area contributed by atoms with Gasteiger partial charge in [-0.2, -0.15) is 0 Å². The molecule has 0 saturated heterocycles. The summed E-state index contributed by atoms with van der Waals surface area (Å²) in [6.45, 7) is 6.21. The quantitative estimate of drug-likeness (QED) is 0.877. The van der Waals surface area contributed by atoms with E-state index < -0.39 is 11.7 Å². The van der Waals surface area contributed by atoms with E-state index in [2.05, 4.69) is 10.6 Å². The van der Waals surface area contributed by atoms with Crippen LogP contribution in [0, 0.1) is 0 Å². The number of carbonyl (C=O) groups excluding carboxylic acids is 1. The van der Waals surface area contributed by atoms with E-state index in [-0.39, 0.29) is 6.10 Å². The summed E-state index contributed by atoms with van der Waals surface area (Å²) in [6, 6.07) is 7.56. The van der Waals surface area contributed by atoms with Gasteiger partial charge < -0.3 is 14.8 Å². The van der Waals surface area contributed by atoms with E-state index in [1.165, 1.54) is 0 Å². The van der Waals surface area contributed by atoms with Gasteiger partial charge in [0.05, 0.1) is 24.2 Å². The first-order chi connectivity index (χ1) is 10.4. The molecule has 22 heavy (non-hydrogen) atoms. The lowest BCUT2D eigenvalue weighted by molar-refractivity contribution is 0.0636. The summed E-state index contributed by atoms with van der Waals surface area (Å²) >= 11 is 0. The Bertz CT molecular complexity index is 535. The second-order valence-electron chi connectivity index (χ2n) is 6.26. The van der Waals surface area contributed by atoms with Crippen molar-refractivity contribution in [2.24, 2.45) is 0 Å². The average Bonchev–Trinajstić information content (AvgIpc) is 2.45. The third kappa shape index (κ3) is 5.31. The van der Waals surface area contributed by atoms with Gasteiger partial charge in [-0.15, -0.1) is 0 Å². The number of hydrogen-bond donors (Lipinski definition) is 2. The van der Waals surface area contributed by atoms with Gasteiger partial charge in [-0.25, -0.2) is 4.79 Å². The number of nitrogens with one attached hydrogen (secondary N) is 2. The zero-order chi connectivity index (χ0) is 16.0. The molecule has 0 fully saturated rings. The molecule has 0 bridgehead atoms. The molecule has 0 aromatic heterocycles. The molecule has 0 spiro atoms. The summed E-state index contributed by atoms with van der Waals surface area (Å²) in [5, 5.41) is 6.10. The molecule has 120 valence electrons. The minimum absolute atomic E-state index is 0.152. The van der Waals surface area contributed by atoms with Crippen LogP contribution in [-0.4, -0.2) is 24.3 Å². The largest absolute Gasteiger partial charge is 0.497 e. The van der Waals surface area contributed by atoms with Gasteiger partial charge in [-0.05, 0) is 51.8 Å². The maximum Gasteiger partial charge on any atom is 0.412 e. The van der Waals surface area contributed by atoms with E-state index in [0.29, 0.717) is 12.2 Å². The molecule has 1 unspecified atom stereocenters. The zero-order valence-corrected chi connectivity index (χ0v) is 13.4. The number of carbonyl (C=O) groups is 1. The van der Waals surface area contributed by atoms with Crippen LogP contribution in [0.2, 0.25) is 0 Å². The number of benzene rings is 1. The Kier molecular flexibility index (Phi) is 5.31. The van der Waals surface area contributed by atoms with Crippen molar-refractivity contribution < 1.29 is 14.3 Å². The maximum atomic E-state index is 11.9. The fourth-order valence-corrected chi connectivity index (χ4v) is 2.12. The summed E-state index contributed by atoms with van der Waals surface area (Å²) in [5.41, 5.74) is 1.03. The van der Waals surface area contributed by atoms with Gasteiger partial charge in [0.1, 0.15) is 11.7 Å². The molecule has 1 aliphatic rings. The highest BCUT2D eigenvalue weighted by atomic mass is 16.6. The number of rotatable bonds is 4. The van der Waals surface area contributed by atoms with Crippen molar-refractivity contribution in [1.29, 1.82) is 0 Å². The van der Waals surface area contributed by atoms with Gasteiger partial charge in [0.15, 0.2) is 0 Å². The topological polar surface area (TPSA) is 59.6 Å². The van der Waals surface area contributed by atoms with Crippen molar-refractivity contribution >= 4 is 17.5 Å². The van der Waals surface area contributed by atoms with Crippen LogP contribution in [0.1, 0.15) is 33.6 Å². The maximum absolute atomic E-state index is 11.9. The Morgan fingerprint density at radius 1 is 1.32 bits per heavy atom. The average molecular weight is 304 g/mol. The van der Waals surface area contributed by atoms with E-state index in [0.717, 1.165) is 18.5 Å². The van der Waals surface area contributed by atoms with Crippen LogP contribution < -0.4 is 10.6 Å². The first-order valence-corrected chi connectivity index (χ1v) is 7.57. The van der Waals surface area contributed by atoms with Crippen LogP contribution in [0.5, 0.6) is 0 Å². The number of para-hydroxylation sites is 2. The summed E-state index contributed by atoms with van der Waals surface area (Å²) < 4.78 is 10.8. The van der Waals surface area contributed by atoms with Gasteiger partial charge in [0, 0.05) is 0 Å². The van der Waals surface area contributed by atoms with Crippen molar-refractivity contribution in [3.63, 3.8) is 0 Å². The highest BCUT2D eigenvalue weighted by Crippen LogP contribution is 2.22.